The van der Waals surface area contributed by atoms with Gasteiger partial charge < -0.3 is 15.0 Å². The highest BCUT2D eigenvalue weighted by Gasteiger charge is 2.42. The molecule has 0 saturated carbocycles. The number of carbonyl (C=O) groups is 1. The van der Waals surface area contributed by atoms with E-state index >= 15 is 0 Å². The molecule has 0 aromatic heterocycles. The van der Waals surface area contributed by atoms with Crippen molar-refractivity contribution in [3.63, 3.8) is 0 Å². The van der Waals surface area contributed by atoms with Gasteiger partial charge in [0.25, 0.3) is 0 Å². The summed E-state index contributed by atoms with van der Waals surface area (Å²) in [6.45, 7) is 5.05. The van der Waals surface area contributed by atoms with Gasteiger partial charge in [0.1, 0.15) is 0 Å². The van der Waals surface area contributed by atoms with Crippen molar-refractivity contribution in [1.29, 1.82) is 0 Å². The van der Waals surface area contributed by atoms with Crippen LogP contribution >= 0.6 is 0 Å². The molecule has 4 nitrogen and oxygen atoms in total. The fraction of sp³-hybridized carbons (Fsp3) is 0.929. The van der Waals surface area contributed by atoms with Gasteiger partial charge in [0.15, 0.2) is 0 Å². The maximum absolute atomic E-state index is 11.9. The zero-order valence-corrected chi connectivity index (χ0v) is 11.2. The van der Waals surface area contributed by atoms with Crippen LogP contribution in [-0.2, 0) is 9.53 Å². The molecule has 3 heterocycles. The summed E-state index contributed by atoms with van der Waals surface area (Å²) in [5.41, 5.74) is 0. The van der Waals surface area contributed by atoms with Crippen molar-refractivity contribution in [1.82, 2.24) is 10.2 Å². The Labute approximate surface area is 109 Å². The lowest BCUT2D eigenvalue weighted by atomic mass is 9.91. The molecule has 0 spiro atoms. The Morgan fingerprint density at radius 2 is 2.11 bits per heavy atom. The van der Waals surface area contributed by atoms with Crippen molar-refractivity contribution in [3.05, 3.63) is 0 Å². The quantitative estimate of drug-likeness (QED) is 0.819. The summed E-state index contributed by atoms with van der Waals surface area (Å²) in [5.74, 6) is 1.07. The number of carbonyl (C=O) groups excluding carboxylic acids is 1. The molecule has 0 aromatic carbocycles. The fourth-order valence-corrected chi connectivity index (χ4v) is 3.82. The normalized spacial score (nSPS) is 34.9. The van der Waals surface area contributed by atoms with Gasteiger partial charge in [0.2, 0.25) is 5.91 Å². The summed E-state index contributed by atoms with van der Waals surface area (Å²) in [5, 5.41) is 3.73. The Morgan fingerprint density at radius 3 is 2.89 bits per heavy atom. The van der Waals surface area contributed by atoms with E-state index in [0.29, 0.717) is 36.4 Å². The largest absolute Gasteiger partial charge is 0.381 e. The molecule has 102 valence electrons. The molecule has 3 atom stereocenters. The predicted octanol–water partition coefficient (Wildman–Crippen LogP) is 1.15. The van der Waals surface area contributed by atoms with E-state index in [-0.39, 0.29) is 0 Å². The number of nitrogens with zero attached hydrogens (tertiary/aromatic N) is 1. The Hall–Kier alpha value is -0.610. The molecule has 1 N–H and O–H groups in total. The topological polar surface area (TPSA) is 41.6 Å². The molecule has 0 aromatic rings. The molecule has 1 amide bonds. The Morgan fingerprint density at radius 1 is 1.33 bits per heavy atom. The number of hydrogen-bond acceptors (Lipinski definition) is 3. The Balaban J connectivity index is 1.57. The zero-order chi connectivity index (χ0) is 12.5. The highest BCUT2D eigenvalue weighted by molar-refractivity contribution is 5.80. The number of hydrogen-bond donors (Lipinski definition) is 1. The molecular weight excluding hydrogens is 228 g/mol. The molecule has 3 unspecified atom stereocenters. The first-order valence-corrected chi connectivity index (χ1v) is 7.39. The molecule has 3 fully saturated rings. The van der Waals surface area contributed by atoms with Crippen LogP contribution in [0.2, 0.25) is 0 Å². The van der Waals surface area contributed by atoms with E-state index in [2.05, 4.69) is 17.1 Å². The molecule has 0 bridgehead atoms. The van der Waals surface area contributed by atoms with Gasteiger partial charge in [-0.3, -0.25) is 4.79 Å². The lowest BCUT2D eigenvalue weighted by Gasteiger charge is -2.32. The van der Waals surface area contributed by atoms with Gasteiger partial charge in [-0.25, -0.2) is 0 Å². The highest BCUT2D eigenvalue weighted by Crippen LogP contribution is 2.30. The van der Waals surface area contributed by atoms with Crippen molar-refractivity contribution < 1.29 is 9.53 Å². The molecule has 3 saturated heterocycles. The second-order valence-electron chi connectivity index (χ2n) is 6.01. The highest BCUT2D eigenvalue weighted by atomic mass is 16.5. The lowest BCUT2D eigenvalue weighted by Crippen LogP contribution is -2.47. The summed E-state index contributed by atoms with van der Waals surface area (Å²) < 4.78 is 5.42. The van der Waals surface area contributed by atoms with Crippen molar-refractivity contribution in [2.45, 2.75) is 57.2 Å². The first kappa shape index (κ1) is 12.4. The van der Waals surface area contributed by atoms with Gasteiger partial charge in [0.05, 0.1) is 0 Å². The molecule has 4 heteroatoms. The second-order valence-corrected chi connectivity index (χ2v) is 6.01. The van der Waals surface area contributed by atoms with Crippen LogP contribution in [0.5, 0.6) is 0 Å². The minimum atomic E-state index is 0.356. The van der Waals surface area contributed by atoms with E-state index in [1.165, 1.54) is 12.8 Å². The van der Waals surface area contributed by atoms with Gasteiger partial charge in [0, 0.05) is 44.3 Å². The summed E-state index contributed by atoms with van der Waals surface area (Å²) in [6.07, 6.45) is 5.38. The third-order valence-electron chi connectivity index (χ3n) is 4.93. The van der Waals surface area contributed by atoms with Gasteiger partial charge >= 0.3 is 0 Å². The molecule has 0 radical (unpaired) electrons. The van der Waals surface area contributed by atoms with Crippen LogP contribution in [0, 0.1) is 5.92 Å². The summed E-state index contributed by atoms with van der Waals surface area (Å²) >= 11 is 0. The van der Waals surface area contributed by atoms with E-state index < -0.39 is 0 Å². The molecule has 18 heavy (non-hydrogen) atoms. The lowest BCUT2D eigenvalue weighted by molar-refractivity contribution is -0.127. The van der Waals surface area contributed by atoms with Crippen LogP contribution in [-0.4, -0.2) is 48.7 Å². The van der Waals surface area contributed by atoms with Gasteiger partial charge in [-0.05, 0) is 38.5 Å². The third kappa shape index (κ3) is 2.28. The van der Waals surface area contributed by atoms with Crippen molar-refractivity contribution in [2.75, 3.05) is 19.8 Å². The summed E-state index contributed by atoms with van der Waals surface area (Å²) in [7, 11) is 0. The molecule has 0 aliphatic carbocycles. The maximum Gasteiger partial charge on any atom is 0.224 e. The van der Waals surface area contributed by atoms with Crippen LogP contribution in [0.3, 0.4) is 0 Å². The molecule has 3 rings (SSSR count). The maximum atomic E-state index is 11.9. The first-order valence-electron chi connectivity index (χ1n) is 7.39. The summed E-state index contributed by atoms with van der Waals surface area (Å²) in [6, 6.07) is 1.37. The van der Waals surface area contributed by atoms with E-state index in [0.717, 1.165) is 32.6 Å². The van der Waals surface area contributed by atoms with Crippen molar-refractivity contribution in [2.24, 2.45) is 5.92 Å². The van der Waals surface area contributed by atoms with Crippen LogP contribution < -0.4 is 5.32 Å². The van der Waals surface area contributed by atoms with E-state index in [4.69, 9.17) is 4.74 Å². The Kier molecular flexibility index (Phi) is 3.57. The van der Waals surface area contributed by atoms with Crippen molar-refractivity contribution in [3.8, 4) is 0 Å². The monoisotopic (exact) mass is 252 g/mol. The SMILES string of the molecule is CC(NC1CC(=O)N2CCCC12)C1CCOCC1. The van der Waals surface area contributed by atoms with E-state index in [1.807, 2.05) is 0 Å². The molecule has 3 aliphatic rings. The minimum Gasteiger partial charge on any atom is -0.381 e. The van der Waals surface area contributed by atoms with Crippen LogP contribution in [0.4, 0.5) is 0 Å². The average Bonchev–Trinajstić information content (AvgIpc) is 2.97. The number of amides is 1. The molecule has 3 aliphatic heterocycles. The van der Waals surface area contributed by atoms with Crippen LogP contribution in [0.25, 0.3) is 0 Å². The zero-order valence-electron chi connectivity index (χ0n) is 11.2. The smallest absolute Gasteiger partial charge is 0.224 e. The fourth-order valence-electron chi connectivity index (χ4n) is 3.82. The van der Waals surface area contributed by atoms with E-state index in [1.54, 1.807) is 0 Å². The number of nitrogens with one attached hydrogen (secondary N) is 1. The van der Waals surface area contributed by atoms with Gasteiger partial charge in [-0.1, -0.05) is 0 Å². The minimum absolute atomic E-state index is 0.356. The second kappa shape index (κ2) is 5.17. The van der Waals surface area contributed by atoms with Gasteiger partial charge in [-0.2, -0.15) is 0 Å². The molecular formula is C14H24N2O2. The Bertz CT molecular complexity index is 315. The van der Waals surface area contributed by atoms with Crippen LogP contribution in [0.15, 0.2) is 0 Å². The standard InChI is InChI=1S/C14H24N2O2/c1-10(11-4-7-18-8-5-11)15-12-9-14(17)16-6-2-3-13(12)16/h10-13,15H,2-9H2,1H3. The van der Waals surface area contributed by atoms with Crippen molar-refractivity contribution >= 4 is 5.91 Å². The number of fused-ring (bicyclic) bond motifs is 1. The summed E-state index contributed by atoms with van der Waals surface area (Å²) in [4.78, 5) is 14.0. The average molecular weight is 252 g/mol. The third-order valence-corrected chi connectivity index (χ3v) is 4.93. The predicted molar refractivity (Wildman–Crippen MR) is 69.3 cm³/mol. The van der Waals surface area contributed by atoms with Gasteiger partial charge in [-0.15, -0.1) is 0 Å². The number of ether oxygens (including phenoxy) is 1. The van der Waals surface area contributed by atoms with E-state index in [9.17, 15) is 4.79 Å². The first-order chi connectivity index (χ1) is 8.75. The van der Waals surface area contributed by atoms with Crippen LogP contribution in [0.1, 0.15) is 39.0 Å². The number of rotatable bonds is 3.